The van der Waals surface area contributed by atoms with Crippen molar-refractivity contribution in [2.24, 2.45) is 0 Å². The van der Waals surface area contributed by atoms with Gasteiger partial charge in [-0.3, -0.25) is 0 Å². The van der Waals surface area contributed by atoms with E-state index in [1.54, 1.807) is 0 Å². The van der Waals surface area contributed by atoms with Gasteiger partial charge < -0.3 is 18.9 Å². The quantitative estimate of drug-likeness (QED) is 0.372. The summed E-state index contributed by atoms with van der Waals surface area (Å²) >= 11 is 0. The molecule has 0 aliphatic carbocycles. The van der Waals surface area contributed by atoms with Crippen LogP contribution in [0.15, 0.2) is 48.5 Å². The Balaban J connectivity index is 0.000000443. The van der Waals surface area contributed by atoms with E-state index >= 15 is 0 Å². The minimum atomic E-state index is 0. The number of hydrogen-bond acceptors (Lipinski definition) is 4. The molecule has 0 N–H and O–H groups in total. The van der Waals surface area contributed by atoms with Crippen LogP contribution in [0.4, 0.5) is 0 Å². The molecule has 0 atom stereocenters. The Hall–Kier alpha value is -1.27. The van der Waals surface area contributed by atoms with Crippen molar-refractivity contribution in [1.29, 1.82) is 0 Å². The fourth-order valence-electron chi connectivity index (χ4n) is 1.66. The van der Waals surface area contributed by atoms with Crippen molar-refractivity contribution >= 4 is 23.1 Å². The van der Waals surface area contributed by atoms with Crippen LogP contribution in [0.3, 0.4) is 0 Å². The Morgan fingerprint density at radius 2 is 1.16 bits per heavy atom. The summed E-state index contributed by atoms with van der Waals surface area (Å²) in [7, 11) is 0. The number of hydrogen-bond donors (Lipinski definition) is 0. The van der Waals surface area contributed by atoms with Gasteiger partial charge in [-0.15, -0.1) is 24.3 Å². The number of rotatable bonds is 10. The van der Waals surface area contributed by atoms with Crippen LogP contribution in [0.2, 0.25) is 0 Å². The van der Waals surface area contributed by atoms with Crippen molar-refractivity contribution < 1.29 is 18.9 Å². The maximum absolute atomic E-state index is 5.35. The molecule has 25 heavy (non-hydrogen) atoms. The molecule has 0 amide bonds. The van der Waals surface area contributed by atoms with Crippen LogP contribution >= 0.6 is 0 Å². The van der Waals surface area contributed by atoms with Crippen LogP contribution in [0, 0.1) is 12.1 Å². The van der Waals surface area contributed by atoms with Gasteiger partial charge in [0.15, 0.2) is 0 Å². The van der Waals surface area contributed by atoms with Crippen molar-refractivity contribution in [3.63, 3.8) is 0 Å². The summed E-state index contributed by atoms with van der Waals surface area (Å²) in [5, 5.41) is 0. The monoisotopic (exact) mass is 354 g/mol. The van der Waals surface area contributed by atoms with Crippen LogP contribution < -0.4 is 9.47 Å². The molecule has 0 radical (unpaired) electrons. The minimum Gasteiger partial charge on any atom is -0.549 e. The average molecular weight is 355 g/mol. The molecule has 5 heteroatoms. The number of ether oxygens (including phenoxy) is 4. The van der Waals surface area contributed by atoms with Gasteiger partial charge in [0.05, 0.1) is 26.4 Å². The largest absolute Gasteiger partial charge is 2.00 e. The topological polar surface area (TPSA) is 36.9 Å². The molecule has 0 aromatic heterocycles. The molecule has 0 aliphatic rings. The molecule has 132 valence electrons. The molecular weight excluding hydrogens is 329 g/mol. The maximum Gasteiger partial charge on any atom is 2.00 e. The third kappa shape index (κ3) is 13.7. The molecule has 2 aromatic carbocycles. The molecule has 0 saturated heterocycles. The molecule has 4 nitrogen and oxygen atoms in total. The predicted molar refractivity (Wildman–Crippen MR) is 100 cm³/mol. The van der Waals surface area contributed by atoms with Crippen LogP contribution in [0.1, 0.15) is 13.8 Å². The van der Waals surface area contributed by atoms with E-state index in [2.05, 4.69) is 12.1 Å². The molecule has 0 saturated carbocycles. The van der Waals surface area contributed by atoms with Gasteiger partial charge in [0, 0.05) is 24.7 Å². The first kappa shape index (κ1) is 23.7. The molecule has 2 aromatic rings. The Bertz CT molecular complexity index is 446. The first-order chi connectivity index (χ1) is 11.9. The van der Waals surface area contributed by atoms with Gasteiger partial charge in [0.1, 0.15) is 0 Å². The van der Waals surface area contributed by atoms with E-state index in [1.807, 2.05) is 62.4 Å². The van der Waals surface area contributed by atoms with Crippen molar-refractivity contribution in [3.8, 4) is 11.5 Å². The van der Waals surface area contributed by atoms with Crippen molar-refractivity contribution in [2.45, 2.75) is 13.8 Å². The zero-order valence-electron chi connectivity index (χ0n) is 15.2. The standard InChI is InChI=1S/2C10H13O2.Mg/c2*1-2-11-8-9-12-10-6-4-3-5-7-10;/h2*3-4,6-7H,2,8-9H2,1H3;/q2*-1;+2. The Morgan fingerprint density at radius 1 is 0.720 bits per heavy atom. The third-order valence-electron chi connectivity index (χ3n) is 2.76. The second-order valence-corrected chi connectivity index (χ2v) is 4.57. The van der Waals surface area contributed by atoms with Crippen LogP contribution in [-0.2, 0) is 9.47 Å². The molecule has 2 rings (SSSR count). The van der Waals surface area contributed by atoms with Gasteiger partial charge in [-0.05, 0) is 13.8 Å². The number of benzene rings is 2. The molecule has 0 fully saturated rings. The van der Waals surface area contributed by atoms with Crippen LogP contribution in [-0.4, -0.2) is 62.7 Å². The fraction of sp³-hybridized carbons (Fsp3) is 0.400. The van der Waals surface area contributed by atoms with E-state index in [9.17, 15) is 0 Å². The summed E-state index contributed by atoms with van der Waals surface area (Å²) in [4.78, 5) is 0. The second kappa shape index (κ2) is 17.5. The van der Waals surface area contributed by atoms with E-state index in [0.29, 0.717) is 26.4 Å². The van der Waals surface area contributed by atoms with E-state index in [-0.39, 0.29) is 23.1 Å². The van der Waals surface area contributed by atoms with Crippen LogP contribution in [0.5, 0.6) is 11.5 Å². The zero-order valence-corrected chi connectivity index (χ0v) is 16.6. The van der Waals surface area contributed by atoms with E-state index in [0.717, 1.165) is 24.7 Å². The molecule has 0 unspecified atom stereocenters. The summed E-state index contributed by atoms with van der Waals surface area (Å²) < 4.78 is 20.9. The average Bonchev–Trinajstić information content (AvgIpc) is 2.65. The fourth-order valence-corrected chi connectivity index (χ4v) is 1.66. The predicted octanol–water partition coefficient (Wildman–Crippen LogP) is 3.42. The van der Waals surface area contributed by atoms with Crippen molar-refractivity contribution in [2.75, 3.05) is 39.6 Å². The summed E-state index contributed by atoms with van der Waals surface area (Å²) in [6.45, 7) is 7.91. The molecule has 0 aliphatic heterocycles. The minimum absolute atomic E-state index is 0. The van der Waals surface area contributed by atoms with Crippen LogP contribution in [0.25, 0.3) is 0 Å². The van der Waals surface area contributed by atoms with E-state index in [4.69, 9.17) is 18.9 Å². The molecule has 0 spiro atoms. The SMILES string of the molecule is CCOCCOc1c[c-]ccc1.CCOCCOc1c[c-]ccc1.[Mg+2]. The van der Waals surface area contributed by atoms with Gasteiger partial charge >= 0.3 is 23.1 Å². The van der Waals surface area contributed by atoms with E-state index in [1.165, 1.54) is 0 Å². The third-order valence-corrected chi connectivity index (χ3v) is 2.76. The maximum atomic E-state index is 5.35. The van der Waals surface area contributed by atoms with Gasteiger partial charge in [-0.25, -0.2) is 0 Å². The van der Waals surface area contributed by atoms with Crippen molar-refractivity contribution in [1.82, 2.24) is 0 Å². The van der Waals surface area contributed by atoms with Gasteiger partial charge in [0.25, 0.3) is 0 Å². The van der Waals surface area contributed by atoms with Crippen molar-refractivity contribution in [3.05, 3.63) is 60.7 Å². The Labute approximate surface area is 167 Å². The smallest absolute Gasteiger partial charge is 0.549 e. The van der Waals surface area contributed by atoms with E-state index < -0.39 is 0 Å². The Kier molecular flexibility index (Phi) is 16.7. The second-order valence-electron chi connectivity index (χ2n) is 4.57. The molecular formula is C20H26MgO4. The molecule has 0 bridgehead atoms. The summed E-state index contributed by atoms with van der Waals surface area (Å²) in [6.07, 6.45) is 0. The van der Waals surface area contributed by atoms with Gasteiger partial charge in [-0.2, -0.15) is 36.4 Å². The first-order valence-corrected chi connectivity index (χ1v) is 8.20. The molecule has 0 heterocycles. The summed E-state index contributed by atoms with van der Waals surface area (Å²) in [5.41, 5.74) is 0. The van der Waals surface area contributed by atoms with Gasteiger partial charge in [0.2, 0.25) is 0 Å². The Morgan fingerprint density at radius 3 is 1.48 bits per heavy atom. The normalized spacial score (nSPS) is 9.36. The van der Waals surface area contributed by atoms with Gasteiger partial charge in [-0.1, -0.05) is 0 Å². The summed E-state index contributed by atoms with van der Waals surface area (Å²) in [6, 6.07) is 20.8. The zero-order chi connectivity index (χ0) is 17.3. The summed E-state index contributed by atoms with van der Waals surface area (Å²) in [5.74, 6) is 1.69. The first-order valence-electron chi connectivity index (χ1n) is 8.20.